The van der Waals surface area contributed by atoms with Crippen molar-refractivity contribution in [2.75, 3.05) is 12.1 Å². The maximum atomic E-state index is 12.5. The van der Waals surface area contributed by atoms with Gasteiger partial charge in [0.05, 0.1) is 12.1 Å². The van der Waals surface area contributed by atoms with Crippen LogP contribution in [0.2, 0.25) is 0 Å². The normalized spacial score (nSPS) is 12.2. The van der Waals surface area contributed by atoms with E-state index in [0.29, 0.717) is 11.6 Å². The molecule has 0 saturated heterocycles. The Morgan fingerprint density at radius 3 is 2.61 bits per heavy atom. The summed E-state index contributed by atoms with van der Waals surface area (Å²) in [5.74, 6) is 1.48. The Balaban J connectivity index is 1.22. The minimum atomic E-state index is -0.0721. The third-order valence-electron chi connectivity index (χ3n) is 5.14. The van der Waals surface area contributed by atoms with Gasteiger partial charge in [-0.05, 0) is 54.4 Å². The number of aryl methyl sites for hydroxylation is 1. The van der Waals surface area contributed by atoms with E-state index in [9.17, 15) is 4.79 Å². The highest BCUT2D eigenvalue weighted by atomic mass is 32.1. The third-order valence-corrected chi connectivity index (χ3v) is 6.22. The average molecular weight is 432 g/mol. The Bertz CT molecular complexity index is 1210. The number of benzene rings is 2. The Morgan fingerprint density at radius 1 is 1.06 bits per heavy atom. The van der Waals surface area contributed by atoms with Crippen LogP contribution in [0.25, 0.3) is 5.69 Å². The standard InChI is InChI=1S/C24H21N3O3S/c1-16-22(13-18-6-9-20-21(12-18)30-15-29-20)31-24(25-16)26-23(28)14-17-4-7-19(8-5-17)27-10-2-3-11-27/h2-12H,13-15H2,1H3,(H,25,26,28). The summed E-state index contributed by atoms with van der Waals surface area (Å²) in [7, 11) is 0. The molecule has 31 heavy (non-hydrogen) atoms. The first-order valence-corrected chi connectivity index (χ1v) is 10.8. The molecule has 0 unspecified atom stereocenters. The molecule has 0 radical (unpaired) electrons. The third kappa shape index (κ3) is 4.32. The SMILES string of the molecule is Cc1nc(NC(=O)Cc2ccc(-n3cccc3)cc2)sc1Cc1ccc2c(c1)OCO2. The number of hydrogen-bond donors (Lipinski definition) is 1. The van der Waals surface area contributed by atoms with Gasteiger partial charge in [0.15, 0.2) is 16.6 Å². The minimum absolute atomic E-state index is 0.0721. The zero-order valence-electron chi connectivity index (χ0n) is 17.0. The summed E-state index contributed by atoms with van der Waals surface area (Å²) in [4.78, 5) is 18.2. The Morgan fingerprint density at radius 2 is 1.81 bits per heavy atom. The number of carbonyl (C=O) groups is 1. The number of rotatable bonds is 6. The van der Waals surface area contributed by atoms with Crippen molar-refractivity contribution < 1.29 is 14.3 Å². The number of nitrogens with zero attached hydrogens (tertiary/aromatic N) is 2. The van der Waals surface area contributed by atoms with Crippen molar-refractivity contribution in [1.29, 1.82) is 0 Å². The van der Waals surface area contributed by atoms with Crippen molar-refractivity contribution >= 4 is 22.4 Å². The van der Waals surface area contributed by atoms with Crippen molar-refractivity contribution in [3.8, 4) is 17.2 Å². The zero-order valence-corrected chi connectivity index (χ0v) is 17.8. The number of anilines is 1. The highest BCUT2D eigenvalue weighted by molar-refractivity contribution is 7.15. The lowest BCUT2D eigenvalue weighted by Crippen LogP contribution is -2.14. The number of nitrogens with one attached hydrogen (secondary N) is 1. The fourth-order valence-electron chi connectivity index (χ4n) is 3.52. The summed E-state index contributed by atoms with van der Waals surface area (Å²) in [6, 6.07) is 17.9. The molecule has 1 aliphatic rings. The molecule has 1 aliphatic heterocycles. The first kappa shape index (κ1) is 19.4. The molecule has 156 valence electrons. The molecule has 0 spiro atoms. The van der Waals surface area contributed by atoms with Crippen LogP contribution < -0.4 is 14.8 Å². The van der Waals surface area contributed by atoms with Crippen molar-refractivity contribution in [2.24, 2.45) is 0 Å². The Kier molecular flexibility index (Phi) is 5.18. The lowest BCUT2D eigenvalue weighted by Gasteiger charge is -2.05. The van der Waals surface area contributed by atoms with Crippen LogP contribution in [-0.4, -0.2) is 22.3 Å². The van der Waals surface area contributed by atoms with E-state index in [4.69, 9.17) is 9.47 Å². The number of ether oxygens (including phenoxy) is 2. The molecule has 2 aromatic heterocycles. The van der Waals surface area contributed by atoms with E-state index < -0.39 is 0 Å². The van der Waals surface area contributed by atoms with Crippen LogP contribution in [0, 0.1) is 6.92 Å². The second-order valence-electron chi connectivity index (χ2n) is 7.37. The van der Waals surface area contributed by atoms with Gasteiger partial charge in [-0.2, -0.15) is 0 Å². The fraction of sp³-hybridized carbons (Fsp3) is 0.167. The molecule has 5 rings (SSSR count). The van der Waals surface area contributed by atoms with Crippen molar-refractivity contribution in [3.63, 3.8) is 0 Å². The monoisotopic (exact) mass is 431 g/mol. The first-order valence-electron chi connectivity index (χ1n) is 10.0. The topological polar surface area (TPSA) is 65.4 Å². The Hall–Kier alpha value is -3.58. The van der Waals surface area contributed by atoms with Crippen molar-refractivity contribution in [1.82, 2.24) is 9.55 Å². The summed E-state index contributed by atoms with van der Waals surface area (Å²) in [5.41, 5.74) is 4.07. The molecule has 0 saturated carbocycles. The van der Waals surface area contributed by atoms with Crippen LogP contribution >= 0.6 is 11.3 Å². The summed E-state index contributed by atoms with van der Waals surface area (Å²) in [5, 5.41) is 3.57. The smallest absolute Gasteiger partial charge is 0.231 e. The number of thiazole rings is 1. The van der Waals surface area contributed by atoms with Crippen LogP contribution in [0.4, 0.5) is 5.13 Å². The molecular formula is C24H21N3O3S. The maximum absolute atomic E-state index is 12.5. The van der Waals surface area contributed by atoms with E-state index >= 15 is 0 Å². The number of amides is 1. The minimum Gasteiger partial charge on any atom is -0.454 e. The summed E-state index contributed by atoms with van der Waals surface area (Å²) in [6.45, 7) is 2.23. The van der Waals surface area contributed by atoms with E-state index in [0.717, 1.165) is 45.3 Å². The van der Waals surface area contributed by atoms with E-state index in [-0.39, 0.29) is 12.7 Å². The summed E-state index contributed by atoms with van der Waals surface area (Å²) in [6.07, 6.45) is 5.03. The van der Waals surface area contributed by atoms with Gasteiger partial charge in [0.2, 0.25) is 12.7 Å². The van der Waals surface area contributed by atoms with Gasteiger partial charge in [-0.3, -0.25) is 4.79 Å². The molecule has 0 aliphatic carbocycles. The molecular weight excluding hydrogens is 410 g/mol. The molecule has 1 amide bonds. The van der Waals surface area contributed by atoms with Gasteiger partial charge in [0, 0.05) is 29.4 Å². The predicted molar refractivity (Wildman–Crippen MR) is 120 cm³/mol. The quantitative estimate of drug-likeness (QED) is 0.479. The van der Waals surface area contributed by atoms with E-state index in [1.54, 1.807) is 0 Å². The predicted octanol–water partition coefficient (Wildman–Crippen LogP) is 4.74. The van der Waals surface area contributed by atoms with Gasteiger partial charge in [0.1, 0.15) is 0 Å². The van der Waals surface area contributed by atoms with E-state index in [1.165, 1.54) is 11.3 Å². The lowest BCUT2D eigenvalue weighted by molar-refractivity contribution is -0.115. The van der Waals surface area contributed by atoms with Gasteiger partial charge in [-0.1, -0.05) is 18.2 Å². The second kappa shape index (κ2) is 8.28. The van der Waals surface area contributed by atoms with Crippen molar-refractivity contribution in [3.05, 3.63) is 88.7 Å². The van der Waals surface area contributed by atoms with Crippen molar-refractivity contribution in [2.45, 2.75) is 19.8 Å². The van der Waals surface area contributed by atoms with Crippen LogP contribution in [0.5, 0.6) is 11.5 Å². The van der Waals surface area contributed by atoms with Crippen LogP contribution in [0.1, 0.15) is 21.7 Å². The highest BCUT2D eigenvalue weighted by Gasteiger charge is 2.16. The molecule has 0 atom stereocenters. The molecule has 7 heteroatoms. The lowest BCUT2D eigenvalue weighted by atomic mass is 10.1. The van der Waals surface area contributed by atoms with E-state index in [1.807, 2.05) is 78.5 Å². The van der Waals surface area contributed by atoms with Gasteiger partial charge < -0.3 is 19.4 Å². The molecule has 1 N–H and O–H groups in total. The number of fused-ring (bicyclic) bond motifs is 1. The van der Waals surface area contributed by atoms with Gasteiger partial charge in [0.25, 0.3) is 0 Å². The zero-order chi connectivity index (χ0) is 21.2. The summed E-state index contributed by atoms with van der Waals surface area (Å²) >= 11 is 1.51. The number of hydrogen-bond acceptors (Lipinski definition) is 5. The van der Waals surface area contributed by atoms with Gasteiger partial charge in [-0.15, -0.1) is 11.3 Å². The molecule has 0 fully saturated rings. The molecule has 2 aromatic carbocycles. The average Bonchev–Trinajstić information content (AvgIpc) is 3.50. The fourth-order valence-corrected chi connectivity index (χ4v) is 4.54. The molecule has 3 heterocycles. The second-order valence-corrected chi connectivity index (χ2v) is 8.46. The first-order chi connectivity index (χ1) is 15.1. The molecule has 4 aromatic rings. The largest absolute Gasteiger partial charge is 0.454 e. The maximum Gasteiger partial charge on any atom is 0.231 e. The van der Waals surface area contributed by atoms with Crippen LogP contribution in [0.3, 0.4) is 0 Å². The van der Waals surface area contributed by atoms with Gasteiger partial charge in [-0.25, -0.2) is 4.98 Å². The number of carbonyl (C=O) groups excluding carboxylic acids is 1. The highest BCUT2D eigenvalue weighted by Crippen LogP contribution is 2.34. The van der Waals surface area contributed by atoms with Crippen LogP contribution in [-0.2, 0) is 17.6 Å². The summed E-state index contributed by atoms with van der Waals surface area (Å²) < 4.78 is 12.9. The van der Waals surface area contributed by atoms with E-state index in [2.05, 4.69) is 10.3 Å². The Labute approximate surface area is 184 Å². The molecule has 6 nitrogen and oxygen atoms in total. The van der Waals surface area contributed by atoms with Crippen LogP contribution in [0.15, 0.2) is 67.0 Å². The van der Waals surface area contributed by atoms with Gasteiger partial charge >= 0.3 is 0 Å². The molecule has 0 bridgehead atoms. The number of aromatic nitrogens is 2.